The Balaban J connectivity index is 2.51. The van der Waals surface area contributed by atoms with E-state index in [1.165, 1.54) is 19.1 Å². The van der Waals surface area contributed by atoms with Crippen molar-refractivity contribution < 1.29 is 14.6 Å². The Kier molecular flexibility index (Phi) is 2.62. The lowest BCUT2D eigenvalue weighted by Gasteiger charge is -2.19. The molecule has 1 aromatic carbocycles. The highest BCUT2D eigenvalue weighted by Crippen LogP contribution is 2.28. The van der Waals surface area contributed by atoms with E-state index < -0.39 is 5.97 Å². The van der Waals surface area contributed by atoms with Gasteiger partial charge in [-0.3, -0.25) is 0 Å². The van der Waals surface area contributed by atoms with Crippen LogP contribution in [0, 0.1) is 0 Å². The molecular weight excluding hydrogens is 192 g/mol. The Morgan fingerprint density at radius 1 is 1.27 bits per heavy atom. The van der Waals surface area contributed by atoms with Crippen molar-refractivity contribution in [3.05, 3.63) is 28.8 Å². The lowest BCUT2D eigenvalue weighted by atomic mass is 9.90. The number of carbonyl (C=O) groups excluding carboxylic acids is 1. The number of aromatic carboxylic acids is 1. The third-order valence-corrected chi connectivity index (χ3v) is 2.88. The largest absolute Gasteiger partial charge is 0.545 e. The molecule has 0 aromatic heterocycles. The highest BCUT2D eigenvalue weighted by atomic mass is 16.5. The topological polar surface area (TPSA) is 49.4 Å². The number of ether oxygens (including phenoxy) is 1. The number of methoxy groups -OCH3 is 1. The molecule has 3 nitrogen and oxygen atoms in total. The average Bonchev–Trinajstić information content (AvgIpc) is 2.27. The van der Waals surface area contributed by atoms with Crippen LogP contribution in [0.25, 0.3) is 0 Å². The minimum Gasteiger partial charge on any atom is -0.545 e. The van der Waals surface area contributed by atoms with Gasteiger partial charge in [-0.05, 0) is 48.9 Å². The van der Waals surface area contributed by atoms with Crippen LogP contribution in [-0.4, -0.2) is 13.1 Å². The molecule has 0 heterocycles. The molecule has 0 aliphatic heterocycles. The number of fused-ring (bicyclic) bond motifs is 1. The monoisotopic (exact) mass is 205 g/mol. The van der Waals surface area contributed by atoms with Crippen LogP contribution in [0.1, 0.15) is 34.3 Å². The van der Waals surface area contributed by atoms with Crippen LogP contribution >= 0.6 is 0 Å². The van der Waals surface area contributed by atoms with Crippen molar-refractivity contribution in [2.24, 2.45) is 0 Å². The van der Waals surface area contributed by atoms with E-state index >= 15 is 0 Å². The van der Waals surface area contributed by atoms with E-state index in [0.717, 1.165) is 24.8 Å². The zero-order valence-corrected chi connectivity index (χ0v) is 8.71. The molecule has 0 amide bonds. The molecule has 0 saturated heterocycles. The third kappa shape index (κ3) is 1.82. The molecule has 15 heavy (non-hydrogen) atoms. The first-order valence-electron chi connectivity index (χ1n) is 5.13. The van der Waals surface area contributed by atoms with Gasteiger partial charge in [-0.2, -0.15) is 0 Å². The molecule has 0 fully saturated rings. The lowest BCUT2D eigenvalue weighted by molar-refractivity contribution is -0.255. The molecule has 0 atom stereocenters. The highest BCUT2D eigenvalue weighted by Gasteiger charge is 2.14. The van der Waals surface area contributed by atoms with Gasteiger partial charge in [-0.15, -0.1) is 0 Å². The second-order valence-corrected chi connectivity index (χ2v) is 3.82. The van der Waals surface area contributed by atoms with Gasteiger partial charge in [0.15, 0.2) is 0 Å². The van der Waals surface area contributed by atoms with Gasteiger partial charge in [-0.1, -0.05) is 0 Å². The summed E-state index contributed by atoms with van der Waals surface area (Å²) < 4.78 is 5.05. The number of rotatable bonds is 2. The van der Waals surface area contributed by atoms with Crippen molar-refractivity contribution in [2.45, 2.75) is 25.7 Å². The summed E-state index contributed by atoms with van der Waals surface area (Å²) in [6, 6.07) is 3.53. The van der Waals surface area contributed by atoms with Gasteiger partial charge in [-0.25, -0.2) is 0 Å². The molecule has 3 heteroatoms. The van der Waals surface area contributed by atoms with E-state index in [0.29, 0.717) is 5.75 Å². The standard InChI is InChI=1S/C12H14O3/c1-15-11-7-9-5-3-2-4-8(9)6-10(11)12(13)14/h6-7H,2-5H2,1H3,(H,13,14)/p-1. The SMILES string of the molecule is COc1cc2c(cc1C(=O)[O-])CCCC2. The number of aryl methyl sites for hydroxylation is 2. The first-order valence-corrected chi connectivity index (χ1v) is 5.13. The van der Waals surface area contributed by atoms with Crippen LogP contribution in [0.4, 0.5) is 0 Å². The number of carboxylic acid groups (broad SMARTS) is 1. The second kappa shape index (κ2) is 3.93. The zero-order valence-electron chi connectivity index (χ0n) is 8.71. The van der Waals surface area contributed by atoms with E-state index in [-0.39, 0.29) is 5.56 Å². The van der Waals surface area contributed by atoms with Gasteiger partial charge in [0.25, 0.3) is 0 Å². The van der Waals surface area contributed by atoms with Gasteiger partial charge in [0.1, 0.15) is 5.75 Å². The highest BCUT2D eigenvalue weighted by molar-refractivity contribution is 5.89. The fourth-order valence-corrected chi connectivity index (χ4v) is 2.09. The molecule has 0 bridgehead atoms. The fraction of sp³-hybridized carbons (Fsp3) is 0.417. The number of hydrogen-bond donors (Lipinski definition) is 0. The van der Waals surface area contributed by atoms with Crippen LogP contribution in [0.2, 0.25) is 0 Å². The van der Waals surface area contributed by atoms with Gasteiger partial charge >= 0.3 is 0 Å². The summed E-state index contributed by atoms with van der Waals surface area (Å²) in [4.78, 5) is 10.9. The van der Waals surface area contributed by atoms with Crippen molar-refractivity contribution in [1.29, 1.82) is 0 Å². The number of benzene rings is 1. The summed E-state index contributed by atoms with van der Waals surface area (Å²) in [7, 11) is 1.48. The lowest BCUT2D eigenvalue weighted by Crippen LogP contribution is -2.23. The van der Waals surface area contributed by atoms with Gasteiger partial charge in [0, 0.05) is 5.56 Å². The third-order valence-electron chi connectivity index (χ3n) is 2.88. The molecule has 0 saturated carbocycles. The van der Waals surface area contributed by atoms with Crippen molar-refractivity contribution >= 4 is 5.97 Å². The first kappa shape index (κ1) is 10.0. The molecule has 1 aliphatic rings. The van der Waals surface area contributed by atoms with Crippen LogP contribution in [-0.2, 0) is 12.8 Å². The molecule has 1 aliphatic carbocycles. The van der Waals surface area contributed by atoms with Crippen LogP contribution < -0.4 is 9.84 Å². The Morgan fingerprint density at radius 2 is 1.87 bits per heavy atom. The predicted molar refractivity (Wildman–Crippen MR) is 54.0 cm³/mol. The number of carbonyl (C=O) groups is 1. The van der Waals surface area contributed by atoms with Gasteiger partial charge < -0.3 is 14.6 Å². The summed E-state index contributed by atoms with van der Waals surface area (Å²) in [5.74, 6) is -0.754. The Labute approximate surface area is 88.7 Å². The Hall–Kier alpha value is -1.51. The maximum Gasteiger partial charge on any atom is 0.128 e. The summed E-state index contributed by atoms with van der Waals surface area (Å²) in [6.07, 6.45) is 4.27. The van der Waals surface area contributed by atoms with Crippen LogP contribution in [0.5, 0.6) is 5.75 Å². The van der Waals surface area contributed by atoms with Crippen LogP contribution in [0.3, 0.4) is 0 Å². The molecule has 1 aromatic rings. The van der Waals surface area contributed by atoms with E-state index in [2.05, 4.69) is 0 Å². The van der Waals surface area contributed by atoms with E-state index in [1.807, 2.05) is 6.07 Å². The maximum absolute atomic E-state index is 10.9. The first-order chi connectivity index (χ1) is 7.22. The van der Waals surface area contributed by atoms with Crippen molar-refractivity contribution in [3.8, 4) is 5.75 Å². The van der Waals surface area contributed by atoms with Crippen molar-refractivity contribution in [1.82, 2.24) is 0 Å². The van der Waals surface area contributed by atoms with Crippen molar-refractivity contribution in [3.63, 3.8) is 0 Å². The molecule has 2 rings (SSSR count). The van der Waals surface area contributed by atoms with Gasteiger partial charge in [0.05, 0.1) is 13.1 Å². The summed E-state index contributed by atoms with van der Waals surface area (Å²) in [5, 5.41) is 10.9. The summed E-state index contributed by atoms with van der Waals surface area (Å²) in [6.45, 7) is 0. The maximum atomic E-state index is 10.9. The van der Waals surface area contributed by atoms with Gasteiger partial charge in [0.2, 0.25) is 0 Å². The zero-order chi connectivity index (χ0) is 10.8. The molecule has 0 unspecified atom stereocenters. The summed E-state index contributed by atoms with van der Waals surface area (Å²) in [5.41, 5.74) is 2.50. The van der Waals surface area contributed by atoms with E-state index in [1.54, 1.807) is 6.07 Å². The second-order valence-electron chi connectivity index (χ2n) is 3.82. The molecule has 0 spiro atoms. The Bertz CT molecular complexity index is 396. The number of hydrogen-bond acceptors (Lipinski definition) is 3. The smallest absolute Gasteiger partial charge is 0.128 e. The van der Waals surface area contributed by atoms with Crippen LogP contribution in [0.15, 0.2) is 12.1 Å². The molecular formula is C12H13O3-. The minimum absolute atomic E-state index is 0.165. The molecule has 80 valence electrons. The normalized spacial score (nSPS) is 14.5. The van der Waals surface area contributed by atoms with Crippen molar-refractivity contribution in [2.75, 3.05) is 7.11 Å². The van der Waals surface area contributed by atoms with E-state index in [9.17, 15) is 9.90 Å². The summed E-state index contributed by atoms with van der Waals surface area (Å²) >= 11 is 0. The predicted octanol–water partition coefficient (Wildman–Crippen LogP) is 0.938. The fourth-order valence-electron chi connectivity index (χ4n) is 2.09. The Morgan fingerprint density at radius 3 is 2.40 bits per heavy atom. The molecule has 0 radical (unpaired) electrons. The minimum atomic E-state index is -1.17. The van der Waals surface area contributed by atoms with E-state index in [4.69, 9.17) is 4.74 Å². The molecule has 0 N–H and O–H groups in total. The average molecular weight is 205 g/mol. The quantitative estimate of drug-likeness (QED) is 0.721. The number of carboxylic acids is 1.